The number of hydrogen-bond acceptors (Lipinski definition) is 4. The lowest BCUT2D eigenvalue weighted by molar-refractivity contribution is 0.0774. The molecule has 7 nitrogen and oxygen atoms in total. The number of carbonyl (C=O) groups excluding carboxylic acids is 1. The van der Waals surface area contributed by atoms with E-state index in [-0.39, 0.29) is 34.8 Å². The Hall–Kier alpha value is -2.90. The lowest BCUT2D eigenvalue weighted by atomic mass is 10.0. The van der Waals surface area contributed by atoms with Crippen molar-refractivity contribution in [3.63, 3.8) is 0 Å². The minimum absolute atomic E-state index is 0.0571. The fourth-order valence-corrected chi connectivity index (χ4v) is 3.75. The number of halogens is 1. The Balaban J connectivity index is 1.58. The van der Waals surface area contributed by atoms with E-state index in [0.29, 0.717) is 26.2 Å². The SMILES string of the molecule is O=C(O)N1CC2CN(C(=O)c3cccc(F)c3-c3ncco3)CC2C1. The molecular weight excluding hydrogens is 329 g/mol. The summed E-state index contributed by atoms with van der Waals surface area (Å²) >= 11 is 0. The van der Waals surface area contributed by atoms with Crippen LogP contribution in [0.1, 0.15) is 10.4 Å². The molecule has 0 spiro atoms. The van der Waals surface area contributed by atoms with Gasteiger partial charge in [-0.1, -0.05) is 6.07 Å². The fraction of sp³-hybridized carbons (Fsp3) is 0.353. The fourth-order valence-electron chi connectivity index (χ4n) is 3.75. The van der Waals surface area contributed by atoms with Gasteiger partial charge in [-0.3, -0.25) is 4.79 Å². The number of likely N-dealkylation sites (tertiary alicyclic amines) is 2. The molecule has 3 heterocycles. The zero-order valence-corrected chi connectivity index (χ0v) is 13.3. The molecule has 2 saturated heterocycles. The van der Waals surface area contributed by atoms with Gasteiger partial charge in [-0.25, -0.2) is 14.2 Å². The zero-order valence-electron chi connectivity index (χ0n) is 13.3. The van der Waals surface area contributed by atoms with Crippen molar-refractivity contribution in [2.75, 3.05) is 26.2 Å². The Labute approximate surface area is 142 Å². The molecule has 0 aliphatic carbocycles. The van der Waals surface area contributed by atoms with Crippen molar-refractivity contribution >= 4 is 12.0 Å². The van der Waals surface area contributed by atoms with Crippen molar-refractivity contribution in [1.29, 1.82) is 0 Å². The van der Waals surface area contributed by atoms with Crippen LogP contribution >= 0.6 is 0 Å². The zero-order chi connectivity index (χ0) is 17.6. The predicted octanol–water partition coefficient (Wildman–Crippen LogP) is 2.16. The lowest BCUT2D eigenvalue weighted by Gasteiger charge is -2.21. The Morgan fingerprint density at radius 1 is 1.16 bits per heavy atom. The predicted molar refractivity (Wildman–Crippen MR) is 84.4 cm³/mol. The maximum Gasteiger partial charge on any atom is 0.407 e. The van der Waals surface area contributed by atoms with E-state index < -0.39 is 11.9 Å². The molecule has 1 aromatic carbocycles. The van der Waals surface area contributed by atoms with Crippen LogP contribution in [0.5, 0.6) is 0 Å². The molecule has 2 aromatic rings. The van der Waals surface area contributed by atoms with Crippen LogP contribution in [-0.4, -0.2) is 58.1 Å². The number of fused-ring (bicyclic) bond motifs is 1. The molecule has 0 radical (unpaired) electrons. The van der Waals surface area contributed by atoms with Crippen LogP contribution in [0.25, 0.3) is 11.5 Å². The van der Waals surface area contributed by atoms with E-state index in [4.69, 9.17) is 9.52 Å². The van der Waals surface area contributed by atoms with Crippen molar-refractivity contribution < 1.29 is 23.5 Å². The highest BCUT2D eigenvalue weighted by Gasteiger charge is 2.43. The monoisotopic (exact) mass is 345 g/mol. The second-order valence-electron chi connectivity index (χ2n) is 6.42. The maximum absolute atomic E-state index is 14.3. The van der Waals surface area contributed by atoms with Gasteiger partial charge < -0.3 is 19.3 Å². The minimum Gasteiger partial charge on any atom is -0.465 e. The first kappa shape index (κ1) is 15.6. The Bertz CT molecular complexity index is 809. The highest BCUT2D eigenvalue weighted by Crippen LogP contribution is 2.33. The molecule has 4 rings (SSSR count). The molecule has 1 aromatic heterocycles. The molecule has 0 saturated carbocycles. The van der Waals surface area contributed by atoms with Crippen LogP contribution in [0.3, 0.4) is 0 Å². The Kier molecular flexibility index (Phi) is 3.67. The number of rotatable bonds is 2. The molecule has 2 aliphatic rings. The largest absolute Gasteiger partial charge is 0.465 e. The van der Waals surface area contributed by atoms with Crippen LogP contribution in [0.2, 0.25) is 0 Å². The number of aromatic nitrogens is 1. The summed E-state index contributed by atoms with van der Waals surface area (Å²) in [5.74, 6) is -0.538. The van der Waals surface area contributed by atoms with Gasteiger partial charge in [0.2, 0.25) is 5.89 Å². The topological polar surface area (TPSA) is 86.9 Å². The summed E-state index contributed by atoms with van der Waals surface area (Å²) in [6.45, 7) is 1.79. The van der Waals surface area contributed by atoms with E-state index in [0.717, 1.165) is 0 Å². The molecule has 2 atom stereocenters. The first-order valence-electron chi connectivity index (χ1n) is 8.00. The summed E-state index contributed by atoms with van der Waals surface area (Å²) in [4.78, 5) is 31.0. The van der Waals surface area contributed by atoms with Gasteiger partial charge in [-0.05, 0) is 12.1 Å². The number of amides is 2. The molecule has 25 heavy (non-hydrogen) atoms. The molecule has 2 unspecified atom stereocenters. The van der Waals surface area contributed by atoms with E-state index in [1.807, 2.05) is 0 Å². The third-order valence-electron chi connectivity index (χ3n) is 4.93. The van der Waals surface area contributed by atoms with Crippen LogP contribution in [0, 0.1) is 17.7 Å². The number of carbonyl (C=O) groups is 2. The maximum atomic E-state index is 14.3. The van der Waals surface area contributed by atoms with Crippen LogP contribution in [0.4, 0.5) is 9.18 Å². The molecule has 1 N–H and O–H groups in total. The third-order valence-corrected chi connectivity index (χ3v) is 4.93. The summed E-state index contributed by atoms with van der Waals surface area (Å²) in [6, 6.07) is 4.31. The molecule has 8 heteroatoms. The quantitative estimate of drug-likeness (QED) is 0.901. The van der Waals surface area contributed by atoms with Crippen molar-refractivity contribution in [2.24, 2.45) is 11.8 Å². The van der Waals surface area contributed by atoms with Crippen LogP contribution in [-0.2, 0) is 0 Å². The minimum atomic E-state index is -0.927. The lowest BCUT2D eigenvalue weighted by Crippen LogP contribution is -2.35. The average molecular weight is 345 g/mol. The van der Waals surface area contributed by atoms with Crippen LogP contribution < -0.4 is 0 Å². The summed E-state index contributed by atoms with van der Waals surface area (Å²) in [6.07, 6.45) is 1.80. The van der Waals surface area contributed by atoms with E-state index in [1.165, 1.54) is 29.5 Å². The highest BCUT2D eigenvalue weighted by molar-refractivity contribution is 6.00. The van der Waals surface area contributed by atoms with Crippen molar-refractivity contribution in [3.05, 3.63) is 42.0 Å². The number of oxazole rings is 1. The molecule has 2 fully saturated rings. The van der Waals surface area contributed by atoms with Crippen molar-refractivity contribution in [2.45, 2.75) is 0 Å². The third kappa shape index (κ3) is 2.63. The van der Waals surface area contributed by atoms with Gasteiger partial charge in [0.25, 0.3) is 5.91 Å². The van der Waals surface area contributed by atoms with Gasteiger partial charge >= 0.3 is 6.09 Å². The number of hydrogen-bond donors (Lipinski definition) is 1. The Morgan fingerprint density at radius 3 is 2.44 bits per heavy atom. The smallest absolute Gasteiger partial charge is 0.407 e. The van der Waals surface area contributed by atoms with E-state index in [1.54, 1.807) is 11.0 Å². The van der Waals surface area contributed by atoms with Gasteiger partial charge in [-0.15, -0.1) is 0 Å². The summed E-state index contributed by atoms with van der Waals surface area (Å²) in [7, 11) is 0. The van der Waals surface area contributed by atoms with Crippen molar-refractivity contribution in [3.8, 4) is 11.5 Å². The standard InChI is InChI=1S/C17H16FN3O4/c18-13-3-1-2-12(14(13)15-19-4-5-25-15)16(22)20-6-10-8-21(17(23)24)9-11(10)7-20/h1-5,10-11H,6-9H2,(H,23,24). The van der Waals surface area contributed by atoms with Gasteiger partial charge in [0.05, 0.1) is 17.3 Å². The van der Waals surface area contributed by atoms with Gasteiger partial charge in [-0.2, -0.15) is 0 Å². The summed E-state index contributed by atoms with van der Waals surface area (Å²) in [5.41, 5.74) is 0.263. The van der Waals surface area contributed by atoms with E-state index in [9.17, 15) is 14.0 Å². The number of nitrogens with zero attached hydrogens (tertiary/aromatic N) is 3. The molecular formula is C17H16FN3O4. The molecule has 0 bridgehead atoms. The molecule has 2 amide bonds. The Morgan fingerprint density at radius 2 is 1.84 bits per heavy atom. The molecule has 2 aliphatic heterocycles. The normalized spacial score (nSPS) is 22.3. The second kappa shape index (κ2) is 5.87. The molecule has 130 valence electrons. The van der Waals surface area contributed by atoms with Gasteiger partial charge in [0.1, 0.15) is 12.1 Å². The second-order valence-corrected chi connectivity index (χ2v) is 6.42. The first-order valence-corrected chi connectivity index (χ1v) is 8.00. The van der Waals surface area contributed by atoms with Crippen LogP contribution in [0.15, 0.2) is 35.1 Å². The van der Waals surface area contributed by atoms with E-state index >= 15 is 0 Å². The average Bonchev–Trinajstić information content (AvgIpc) is 3.29. The number of carboxylic acid groups (broad SMARTS) is 1. The van der Waals surface area contributed by atoms with Crippen molar-refractivity contribution in [1.82, 2.24) is 14.8 Å². The van der Waals surface area contributed by atoms with E-state index in [2.05, 4.69) is 4.98 Å². The van der Waals surface area contributed by atoms with Gasteiger partial charge in [0, 0.05) is 38.0 Å². The number of benzene rings is 1. The van der Waals surface area contributed by atoms with Gasteiger partial charge in [0.15, 0.2) is 0 Å². The first-order chi connectivity index (χ1) is 12.0. The summed E-state index contributed by atoms with van der Waals surface area (Å²) in [5, 5.41) is 9.08. The summed E-state index contributed by atoms with van der Waals surface area (Å²) < 4.78 is 19.5. The highest BCUT2D eigenvalue weighted by atomic mass is 19.1.